The van der Waals surface area contributed by atoms with Crippen LogP contribution < -0.4 is 11.1 Å². The van der Waals surface area contributed by atoms with Crippen LogP contribution in [0.3, 0.4) is 0 Å². The van der Waals surface area contributed by atoms with Gasteiger partial charge in [0, 0.05) is 9.26 Å². The second-order valence-electron chi connectivity index (χ2n) is 4.30. The minimum Gasteiger partial charge on any atom is -0.325 e. The molecule has 4 heteroatoms. The average molecular weight is 366 g/mol. The van der Waals surface area contributed by atoms with Gasteiger partial charge in [-0.05, 0) is 52.8 Å². The van der Waals surface area contributed by atoms with Crippen LogP contribution in [0.5, 0.6) is 0 Å². The molecule has 0 spiro atoms. The number of hydrogen-bond donors (Lipinski definition) is 2. The molecule has 0 bridgehead atoms. The van der Waals surface area contributed by atoms with Crippen molar-refractivity contribution in [2.45, 2.75) is 12.5 Å². The summed E-state index contributed by atoms with van der Waals surface area (Å²) < 4.78 is 1.08. The number of hydrogen-bond acceptors (Lipinski definition) is 2. The van der Waals surface area contributed by atoms with E-state index >= 15 is 0 Å². The number of amides is 1. The van der Waals surface area contributed by atoms with Crippen LogP contribution in [0.4, 0.5) is 5.69 Å². The van der Waals surface area contributed by atoms with Gasteiger partial charge in [0.15, 0.2) is 0 Å². The van der Waals surface area contributed by atoms with Gasteiger partial charge in [-0.15, -0.1) is 0 Å². The highest BCUT2D eigenvalue weighted by molar-refractivity contribution is 14.1. The van der Waals surface area contributed by atoms with Crippen molar-refractivity contribution in [2.24, 2.45) is 5.73 Å². The van der Waals surface area contributed by atoms with Gasteiger partial charge in [0.25, 0.3) is 0 Å². The summed E-state index contributed by atoms with van der Waals surface area (Å²) in [7, 11) is 0. The van der Waals surface area contributed by atoms with Gasteiger partial charge < -0.3 is 11.1 Å². The van der Waals surface area contributed by atoms with Crippen molar-refractivity contribution >= 4 is 34.2 Å². The van der Waals surface area contributed by atoms with Crippen LogP contribution in [0.25, 0.3) is 0 Å². The first-order chi connectivity index (χ1) is 9.15. The third-order valence-electron chi connectivity index (χ3n) is 2.73. The predicted molar refractivity (Wildman–Crippen MR) is 85.9 cm³/mol. The lowest BCUT2D eigenvalue weighted by Gasteiger charge is -2.12. The molecule has 3 N–H and O–H groups in total. The number of rotatable bonds is 4. The second-order valence-corrected chi connectivity index (χ2v) is 5.54. The topological polar surface area (TPSA) is 55.1 Å². The zero-order chi connectivity index (χ0) is 13.7. The number of halogens is 1. The fourth-order valence-corrected chi connectivity index (χ4v) is 2.31. The molecular formula is C15H15IN2O. The van der Waals surface area contributed by atoms with Crippen LogP contribution >= 0.6 is 22.6 Å². The van der Waals surface area contributed by atoms with E-state index in [4.69, 9.17) is 5.73 Å². The maximum absolute atomic E-state index is 12.0. The van der Waals surface area contributed by atoms with E-state index in [1.807, 2.05) is 54.6 Å². The van der Waals surface area contributed by atoms with E-state index in [1.54, 1.807) is 0 Å². The number of anilines is 1. The van der Waals surface area contributed by atoms with E-state index in [1.165, 1.54) is 0 Å². The van der Waals surface area contributed by atoms with Crippen molar-refractivity contribution in [3.05, 3.63) is 63.7 Å². The molecule has 98 valence electrons. The molecule has 0 radical (unpaired) electrons. The average Bonchev–Trinajstić information content (AvgIpc) is 2.40. The van der Waals surface area contributed by atoms with Crippen molar-refractivity contribution < 1.29 is 4.79 Å². The predicted octanol–water partition coefficient (Wildman–Crippen LogP) is 2.80. The molecule has 0 fully saturated rings. The van der Waals surface area contributed by atoms with Gasteiger partial charge in [-0.2, -0.15) is 0 Å². The van der Waals surface area contributed by atoms with Gasteiger partial charge in [-0.3, -0.25) is 4.79 Å². The van der Waals surface area contributed by atoms with Gasteiger partial charge in [-0.25, -0.2) is 0 Å². The summed E-state index contributed by atoms with van der Waals surface area (Å²) in [5.74, 6) is -0.161. The van der Waals surface area contributed by atoms with Crippen molar-refractivity contribution in [3.63, 3.8) is 0 Å². The van der Waals surface area contributed by atoms with E-state index < -0.39 is 6.04 Å². The zero-order valence-corrected chi connectivity index (χ0v) is 12.5. The molecule has 0 aliphatic heterocycles. The maximum atomic E-state index is 12.0. The van der Waals surface area contributed by atoms with E-state index in [9.17, 15) is 4.79 Å². The molecule has 0 aliphatic rings. The summed E-state index contributed by atoms with van der Waals surface area (Å²) in [4.78, 5) is 12.0. The summed E-state index contributed by atoms with van der Waals surface area (Å²) in [5, 5.41) is 2.83. The number of benzene rings is 2. The maximum Gasteiger partial charge on any atom is 0.241 e. The molecule has 19 heavy (non-hydrogen) atoms. The Bertz CT molecular complexity index is 557. The van der Waals surface area contributed by atoms with Gasteiger partial charge in [0.1, 0.15) is 0 Å². The van der Waals surface area contributed by atoms with Gasteiger partial charge in [0.2, 0.25) is 5.91 Å². The Labute approximate surface area is 126 Å². The number of nitrogens with one attached hydrogen (secondary N) is 1. The highest BCUT2D eigenvalue weighted by atomic mass is 127. The molecular weight excluding hydrogens is 351 g/mol. The third kappa shape index (κ3) is 4.33. The molecule has 2 aromatic carbocycles. The number of carbonyl (C=O) groups excluding carboxylic acids is 1. The normalized spacial score (nSPS) is 11.9. The van der Waals surface area contributed by atoms with E-state index in [2.05, 4.69) is 27.9 Å². The standard InChI is InChI=1S/C15H15IN2O/c16-12-7-4-8-13(10-12)18-15(19)14(17)9-11-5-2-1-3-6-11/h1-8,10,14H,9,17H2,(H,18,19)/t14-/m1/s1. The summed E-state index contributed by atoms with van der Waals surface area (Å²) >= 11 is 2.21. The Morgan fingerprint density at radius 2 is 1.89 bits per heavy atom. The van der Waals surface area contributed by atoms with E-state index in [0.29, 0.717) is 6.42 Å². The Hall–Kier alpha value is -1.40. The first-order valence-corrected chi connectivity index (χ1v) is 7.09. The van der Waals surface area contributed by atoms with Crippen LogP contribution in [0.15, 0.2) is 54.6 Å². The molecule has 1 atom stereocenters. The minimum atomic E-state index is -0.541. The molecule has 0 saturated heterocycles. The SMILES string of the molecule is N[C@H](Cc1ccccc1)C(=O)Nc1cccc(I)c1. The lowest BCUT2D eigenvalue weighted by atomic mass is 10.1. The molecule has 2 rings (SSSR count). The highest BCUT2D eigenvalue weighted by Gasteiger charge is 2.14. The highest BCUT2D eigenvalue weighted by Crippen LogP contribution is 2.13. The molecule has 0 heterocycles. The molecule has 0 aliphatic carbocycles. The zero-order valence-electron chi connectivity index (χ0n) is 10.3. The summed E-state index contributed by atoms with van der Waals surface area (Å²) in [6.07, 6.45) is 0.538. The van der Waals surface area contributed by atoms with Gasteiger partial charge in [0.05, 0.1) is 6.04 Å². The van der Waals surface area contributed by atoms with Crippen LogP contribution in [0.1, 0.15) is 5.56 Å². The van der Waals surface area contributed by atoms with E-state index in [0.717, 1.165) is 14.8 Å². The largest absolute Gasteiger partial charge is 0.325 e. The Kier molecular flexibility index (Phi) is 4.93. The van der Waals surface area contributed by atoms with Crippen LogP contribution in [0, 0.1) is 3.57 Å². The van der Waals surface area contributed by atoms with Gasteiger partial charge >= 0.3 is 0 Å². The number of nitrogens with two attached hydrogens (primary N) is 1. The fourth-order valence-electron chi connectivity index (χ4n) is 1.76. The van der Waals surface area contributed by atoms with Crippen molar-refractivity contribution in [2.75, 3.05) is 5.32 Å². The Morgan fingerprint density at radius 1 is 1.16 bits per heavy atom. The smallest absolute Gasteiger partial charge is 0.241 e. The van der Waals surface area contributed by atoms with E-state index in [-0.39, 0.29) is 5.91 Å². The quantitative estimate of drug-likeness (QED) is 0.818. The lowest BCUT2D eigenvalue weighted by Crippen LogP contribution is -2.37. The van der Waals surface area contributed by atoms with Crippen molar-refractivity contribution in [1.82, 2.24) is 0 Å². The lowest BCUT2D eigenvalue weighted by molar-refractivity contribution is -0.117. The van der Waals surface area contributed by atoms with Crippen LogP contribution in [-0.4, -0.2) is 11.9 Å². The first-order valence-electron chi connectivity index (χ1n) is 6.01. The molecule has 0 unspecified atom stereocenters. The molecule has 3 nitrogen and oxygen atoms in total. The summed E-state index contributed by atoms with van der Waals surface area (Å²) in [6.45, 7) is 0. The molecule has 0 aromatic heterocycles. The minimum absolute atomic E-state index is 0.161. The molecule has 0 saturated carbocycles. The fraction of sp³-hybridized carbons (Fsp3) is 0.133. The molecule has 1 amide bonds. The Balaban J connectivity index is 1.96. The molecule has 2 aromatic rings. The van der Waals surface area contributed by atoms with Crippen molar-refractivity contribution in [3.8, 4) is 0 Å². The number of carbonyl (C=O) groups is 1. The van der Waals surface area contributed by atoms with Crippen molar-refractivity contribution in [1.29, 1.82) is 0 Å². The summed E-state index contributed by atoms with van der Waals surface area (Å²) in [6, 6.07) is 16.9. The van der Waals surface area contributed by atoms with Crippen LogP contribution in [-0.2, 0) is 11.2 Å². The Morgan fingerprint density at radius 3 is 2.58 bits per heavy atom. The monoisotopic (exact) mass is 366 g/mol. The van der Waals surface area contributed by atoms with Gasteiger partial charge in [-0.1, -0.05) is 36.4 Å². The van der Waals surface area contributed by atoms with Crippen LogP contribution in [0.2, 0.25) is 0 Å². The second kappa shape index (κ2) is 6.68. The first kappa shape index (κ1) is 14.0. The third-order valence-corrected chi connectivity index (χ3v) is 3.40. The summed E-state index contributed by atoms with van der Waals surface area (Å²) in [5.41, 5.74) is 7.76.